The van der Waals surface area contributed by atoms with Crippen molar-refractivity contribution in [2.75, 3.05) is 5.32 Å². The highest BCUT2D eigenvalue weighted by Crippen LogP contribution is 2.51. The highest BCUT2D eigenvalue weighted by atomic mass is 16.3. The van der Waals surface area contributed by atoms with Crippen LogP contribution in [0.1, 0.15) is 17.4 Å². The van der Waals surface area contributed by atoms with Crippen LogP contribution in [-0.4, -0.2) is 15.0 Å². The third kappa shape index (κ3) is 4.77. The Morgan fingerprint density at radius 1 is 0.511 bits per heavy atom. The first-order chi connectivity index (χ1) is 23.3. The molecule has 1 aliphatic heterocycles. The Balaban J connectivity index is 1.16. The van der Waals surface area contributed by atoms with Gasteiger partial charge in [-0.05, 0) is 76.3 Å². The maximum atomic E-state index is 6.60. The maximum absolute atomic E-state index is 6.60. The SMILES string of the molecule is c1ccc(C2Nc3cccc(-c4ccc(-c5cc(-c6ccccn6)nc(-c6ccccn6)c5)cc4)c3-c3c2oc2ccccc32)cc1. The Kier molecular flexibility index (Phi) is 6.46. The van der Waals surface area contributed by atoms with Gasteiger partial charge in [0.15, 0.2) is 0 Å². The highest BCUT2D eigenvalue weighted by molar-refractivity contribution is 6.06. The quantitative estimate of drug-likeness (QED) is 0.212. The van der Waals surface area contributed by atoms with Crippen LogP contribution < -0.4 is 5.32 Å². The molecule has 222 valence electrons. The molecule has 47 heavy (non-hydrogen) atoms. The molecule has 5 heteroatoms. The van der Waals surface area contributed by atoms with Crippen LogP contribution in [0.5, 0.6) is 0 Å². The first kappa shape index (κ1) is 27.0. The topological polar surface area (TPSA) is 63.8 Å². The molecule has 0 fully saturated rings. The van der Waals surface area contributed by atoms with Gasteiger partial charge in [0.1, 0.15) is 17.4 Å². The van der Waals surface area contributed by atoms with E-state index in [0.29, 0.717) is 0 Å². The molecule has 0 saturated heterocycles. The summed E-state index contributed by atoms with van der Waals surface area (Å²) in [5.41, 5.74) is 13.1. The summed E-state index contributed by atoms with van der Waals surface area (Å²) >= 11 is 0. The highest BCUT2D eigenvalue weighted by Gasteiger charge is 2.32. The second-order valence-electron chi connectivity index (χ2n) is 11.7. The first-order valence-corrected chi connectivity index (χ1v) is 15.7. The number of furan rings is 1. The molecule has 5 nitrogen and oxygen atoms in total. The second kappa shape index (κ2) is 11.2. The van der Waals surface area contributed by atoms with Crippen molar-refractivity contribution < 1.29 is 4.42 Å². The van der Waals surface area contributed by atoms with Gasteiger partial charge in [-0.15, -0.1) is 0 Å². The number of para-hydroxylation sites is 1. The van der Waals surface area contributed by atoms with Gasteiger partial charge in [-0.3, -0.25) is 9.97 Å². The average Bonchev–Trinajstić information content (AvgIpc) is 3.55. The van der Waals surface area contributed by atoms with Gasteiger partial charge in [-0.2, -0.15) is 0 Å². The molecule has 0 spiro atoms. The number of benzene rings is 4. The standard InChI is InChI=1S/C42H28N4O/c1-2-11-29(12-3-1)41-42-40(32-13-4-5-18-38(32)47-42)39-31(14-10-17-35(39)46-41)28-21-19-27(20-22-28)30-25-36(33-15-6-8-23-43-33)45-37(26-30)34-16-7-9-24-44-34/h1-26,41,46H. The van der Waals surface area contributed by atoms with E-state index in [4.69, 9.17) is 9.40 Å². The summed E-state index contributed by atoms with van der Waals surface area (Å²) < 4.78 is 6.60. The smallest absolute Gasteiger partial charge is 0.140 e. The molecule has 1 atom stereocenters. The third-order valence-corrected chi connectivity index (χ3v) is 8.84. The minimum Gasteiger partial charge on any atom is -0.458 e. The van der Waals surface area contributed by atoms with Crippen LogP contribution in [0, 0.1) is 0 Å². The van der Waals surface area contributed by atoms with Crippen molar-refractivity contribution in [3.8, 4) is 56.2 Å². The van der Waals surface area contributed by atoms with E-state index in [-0.39, 0.29) is 6.04 Å². The monoisotopic (exact) mass is 604 g/mol. The van der Waals surface area contributed by atoms with Crippen LogP contribution in [0.3, 0.4) is 0 Å². The zero-order valence-electron chi connectivity index (χ0n) is 25.3. The molecular weight excluding hydrogens is 576 g/mol. The fourth-order valence-corrected chi connectivity index (χ4v) is 6.64. The van der Waals surface area contributed by atoms with Crippen LogP contribution in [0.25, 0.3) is 67.1 Å². The molecule has 0 radical (unpaired) electrons. The Morgan fingerprint density at radius 3 is 1.87 bits per heavy atom. The lowest BCUT2D eigenvalue weighted by atomic mass is 9.85. The van der Waals surface area contributed by atoms with Crippen molar-refractivity contribution in [3.63, 3.8) is 0 Å². The number of nitrogens with one attached hydrogen (secondary N) is 1. The summed E-state index contributed by atoms with van der Waals surface area (Å²) in [7, 11) is 0. The Labute approximate surface area is 272 Å². The molecule has 1 aliphatic rings. The van der Waals surface area contributed by atoms with Crippen molar-refractivity contribution in [2.45, 2.75) is 6.04 Å². The number of hydrogen-bond acceptors (Lipinski definition) is 5. The summed E-state index contributed by atoms with van der Waals surface area (Å²) in [4.78, 5) is 14.1. The maximum Gasteiger partial charge on any atom is 0.140 e. The largest absolute Gasteiger partial charge is 0.458 e. The minimum absolute atomic E-state index is 0.0861. The van der Waals surface area contributed by atoms with E-state index in [1.807, 2.05) is 48.5 Å². The van der Waals surface area contributed by atoms with Crippen molar-refractivity contribution in [3.05, 3.63) is 169 Å². The molecule has 4 aromatic heterocycles. The number of rotatable bonds is 5. The van der Waals surface area contributed by atoms with Crippen molar-refractivity contribution in [2.24, 2.45) is 0 Å². The van der Waals surface area contributed by atoms with Gasteiger partial charge in [0, 0.05) is 34.6 Å². The van der Waals surface area contributed by atoms with Gasteiger partial charge in [-0.1, -0.05) is 97.1 Å². The summed E-state index contributed by atoms with van der Waals surface area (Å²) in [6, 6.07) is 50.0. The van der Waals surface area contributed by atoms with E-state index >= 15 is 0 Å². The van der Waals surface area contributed by atoms with E-state index in [1.165, 1.54) is 5.56 Å². The van der Waals surface area contributed by atoms with Crippen molar-refractivity contribution in [1.29, 1.82) is 0 Å². The molecule has 8 aromatic rings. The lowest BCUT2D eigenvalue weighted by Gasteiger charge is -2.28. The molecule has 0 aliphatic carbocycles. The number of hydrogen-bond donors (Lipinski definition) is 1. The molecule has 1 N–H and O–H groups in total. The number of anilines is 1. The van der Waals surface area contributed by atoms with Crippen LogP contribution in [-0.2, 0) is 0 Å². The number of aromatic nitrogens is 3. The van der Waals surface area contributed by atoms with E-state index in [0.717, 1.165) is 78.6 Å². The summed E-state index contributed by atoms with van der Waals surface area (Å²) in [5, 5.41) is 4.93. The number of fused-ring (bicyclic) bond motifs is 5. The summed E-state index contributed by atoms with van der Waals surface area (Å²) in [5.74, 6) is 0.940. The molecule has 0 amide bonds. The summed E-state index contributed by atoms with van der Waals surface area (Å²) in [6.07, 6.45) is 3.59. The molecule has 1 unspecified atom stereocenters. The van der Waals surface area contributed by atoms with Crippen LogP contribution >= 0.6 is 0 Å². The van der Waals surface area contributed by atoms with Gasteiger partial charge in [0.2, 0.25) is 0 Å². The Hall–Kier alpha value is -6.33. The third-order valence-electron chi connectivity index (χ3n) is 8.84. The fourth-order valence-electron chi connectivity index (χ4n) is 6.64. The fraction of sp³-hybridized carbons (Fsp3) is 0.0238. The van der Waals surface area contributed by atoms with Gasteiger partial charge in [0.05, 0.1) is 22.8 Å². The van der Waals surface area contributed by atoms with E-state index in [1.54, 1.807) is 12.4 Å². The summed E-state index contributed by atoms with van der Waals surface area (Å²) in [6.45, 7) is 0. The van der Waals surface area contributed by atoms with Gasteiger partial charge in [-0.25, -0.2) is 4.98 Å². The molecule has 5 heterocycles. The number of pyridine rings is 3. The van der Waals surface area contributed by atoms with E-state index in [9.17, 15) is 0 Å². The number of nitrogens with zero attached hydrogens (tertiary/aromatic N) is 3. The van der Waals surface area contributed by atoms with Gasteiger partial charge < -0.3 is 9.73 Å². The average molecular weight is 605 g/mol. The predicted octanol–water partition coefficient (Wildman–Crippen LogP) is 10.5. The van der Waals surface area contributed by atoms with Crippen molar-refractivity contribution in [1.82, 2.24) is 15.0 Å². The van der Waals surface area contributed by atoms with Crippen LogP contribution in [0.4, 0.5) is 5.69 Å². The van der Waals surface area contributed by atoms with E-state index in [2.05, 4.69) is 112 Å². The normalized spacial score (nSPS) is 13.5. The van der Waals surface area contributed by atoms with Crippen LogP contribution in [0.15, 0.2) is 162 Å². The van der Waals surface area contributed by atoms with Crippen LogP contribution in [0.2, 0.25) is 0 Å². The van der Waals surface area contributed by atoms with Gasteiger partial charge in [0.25, 0.3) is 0 Å². The van der Waals surface area contributed by atoms with E-state index < -0.39 is 0 Å². The minimum atomic E-state index is -0.0861. The lowest BCUT2D eigenvalue weighted by molar-refractivity contribution is 0.536. The molecule has 0 bridgehead atoms. The Morgan fingerprint density at radius 2 is 1.17 bits per heavy atom. The zero-order chi connectivity index (χ0) is 31.2. The molecule has 4 aromatic carbocycles. The van der Waals surface area contributed by atoms with Gasteiger partial charge >= 0.3 is 0 Å². The molecular formula is C42H28N4O. The second-order valence-corrected chi connectivity index (χ2v) is 11.7. The predicted molar refractivity (Wildman–Crippen MR) is 189 cm³/mol. The molecule has 0 saturated carbocycles. The first-order valence-electron chi connectivity index (χ1n) is 15.7. The lowest BCUT2D eigenvalue weighted by Crippen LogP contribution is -2.17. The molecule has 9 rings (SSSR count). The van der Waals surface area contributed by atoms with Crippen molar-refractivity contribution >= 4 is 16.7 Å². The Bertz CT molecular complexity index is 2310. The zero-order valence-corrected chi connectivity index (χ0v) is 25.3.